The summed E-state index contributed by atoms with van der Waals surface area (Å²) < 4.78 is 30.7. The van der Waals surface area contributed by atoms with Crippen molar-refractivity contribution in [3.05, 3.63) is 58.6 Å². The molecule has 0 fully saturated rings. The first-order valence-electron chi connectivity index (χ1n) is 11.1. The van der Waals surface area contributed by atoms with Crippen molar-refractivity contribution in [2.45, 2.75) is 65.4 Å². The number of esters is 1. The maximum atomic E-state index is 15.0. The molecule has 0 bridgehead atoms. The third-order valence-corrected chi connectivity index (χ3v) is 4.82. The molecule has 0 saturated heterocycles. The summed E-state index contributed by atoms with van der Waals surface area (Å²) in [7, 11) is 0. The number of hydrogen-bond acceptors (Lipinski definition) is 7. The molecule has 1 aliphatic rings. The first-order valence-corrected chi connectivity index (χ1v) is 11.1. The lowest BCUT2D eigenvalue weighted by Crippen LogP contribution is -2.32. The van der Waals surface area contributed by atoms with Crippen molar-refractivity contribution in [3.8, 4) is 6.07 Å². The Kier molecular flexibility index (Phi) is 9.63. The number of carbonyl (C=O) groups is 2. The van der Waals surface area contributed by atoms with Gasteiger partial charge in [-0.15, -0.1) is 0 Å². The molecule has 34 heavy (non-hydrogen) atoms. The smallest absolute Gasteiger partial charge is 0.407 e. The number of amides is 1. The van der Waals surface area contributed by atoms with Crippen LogP contribution < -0.4 is 5.32 Å². The molecular formula is C25H31FN2O6. The molecule has 0 aliphatic heterocycles. The summed E-state index contributed by atoms with van der Waals surface area (Å²) in [6, 6.07) is 6.65. The van der Waals surface area contributed by atoms with Crippen LogP contribution in [-0.2, 0) is 32.0 Å². The van der Waals surface area contributed by atoms with Gasteiger partial charge in [-0.2, -0.15) is 5.26 Å². The van der Waals surface area contributed by atoms with Crippen molar-refractivity contribution in [2.75, 3.05) is 6.61 Å². The monoisotopic (exact) mass is 474 g/mol. The number of allylic oxidation sites excluding steroid dienone is 4. The molecule has 1 aliphatic carbocycles. The minimum absolute atomic E-state index is 0.0295. The second-order valence-corrected chi connectivity index (χ2v) is 8.78. The normalized spacial score (nSPS) is 16.4. The summed E-state index contributed by atoms with van der Waals surface area (Å²) in [6.07, 6.45) is 1.29. The molecule has 0 aromatic heterocycles. The molecule has 0 heterocycles. The highest BCUT2D eigenvalue weighted by Crippen LogP contribution is 2.29. The number of ether oxygens (including phenoxy) is 3. The molecule has 0 spiro atoms. The van der Waals surface area contributed by atoms with Crippen molar-refractivity contribution in [1.82, 2.24) is 5.32 Å². The van der Waals surface area contributed by atoms with Crippen LogP contribution in [0.4, 0.5) is 9.18 Å². The van der Waals surface area contributed by atoms with Crippen molar-refractivity contribution < 1.29 is 33.3 Å². The zero-order valence-electron chi connectivity index (χ0n) is 19.9. The Morgan fingerprint density at radius 1 is 1.32 bits per heavy atom. The molecule has 2 N–H and O–H groups in total. The number of nitrogens with zero attached hydrogens (tertiary/aromatic N) is 1. The van der Waals surface area contributed by atoms with Gasteiger partial charge in [-0.3, -0.25) is 4.79 Å². The SMILES string of the molecule is CCOC(=O)CC1CC=C(C#N)C=C1OC(O)Cc1cccc(CNC(=O)OC(C)(C)C)c1F. The maximum Gasteiger partial charge on any atom is 0.407 e. The number of hydrogen-bond donors (Lipinski definition) is 2. The van der Waals surface area contributed by atoms with Gasteiger partial charge in [-0.25, -0.2) is 9.18 Å². The number of aliphatic hydroxyl groups excluding tert-OH is 1. The van der Waals surface area contributed by atoms with Crippen LogP contribution in [0.5, 0.6) is 0 Å². The molecule has 1 amide bonds. The largest absolute Gasteiger partial charge is 0.469 e. The van der Waals surface area contributed by atoms with Gasteiger partial charge in [0.25, 0.3) is 0 Å². The molecule has 1 aromatic carbocycles. The number of rotatable bonds is 9. The summed E-state index contributed by atoms with van der Waals surface area (Å²) in [5.41, 5.74) is 0.0854. The third kappa shape index (κ3) is 8.52. The Labute approximate surface area is 199 Å². The molecule has 2 atom stereocenters. The minimum atomic E-state index is -1.42. The van der Waals surface area contributed by atoms with Gasteiger partial charge in [-0.1, -0.05) is 24.3 Å². The van der Waals surface area contributed by atoms with E-state index in [1.807, 2.05) is 6.07 Å². The fraction of sp³-hybridized carbons (Fsp3) is 0.480. The molecule has 0 saturated carbocycles. The molecule has 0 radical (unpaired) electrons. The van der Waals surface area contributed by atoms with Crippen LogP contribution in [0.15, 0.2) is 41.7 Å². The predicted octanol–water partition coefficient (Wildman–Crippen LogP) is 4.03. The van der Waals surface area contributed by atoms with Gasteiger partial charge in [-0.05, 0) is 45.8 Å². The molecule has 2 unspecified atom stereocenters. The zero-order chi connectivity index (χ0) is 25.3. The summed E-state index contributed by atoms with van der Waals surface area (Å²) in [6.45, 7) is 7.03. The van der Waals surface area contributed by atoms with E-state index in [1.54, 1.807) is 39.8 Å². The highest BCUT2D eigenvalue weighted by atomic mass is 19.1. The van der Waals surface area contributed by atoms with Crippen LogP contribution in [0.25, 0.3) is 0 Å². The second kappa shape index (κ2) is 12.2. The average molecular weight is 475 g/mol. The Morgan fingerprint density at radius 2 is 2.03 bits per heavy atom. The number of halogens is 1. The Morgan fingerprint density at radius 3 is 2.68 bits per heavy atom. The number of nitriles is 1. The fourth-order valence-corrected chi connectivity index (χ4v) is 3.32. The lowest BCUT2D eigenvalue weighted by atomic mass is 9.92. The van der Waals surface area contributed by atoms with Gasteiger partial charge < -0.3 is 24.6 Å². The molecule has 9 heteroatoms. The molecular weight excluding hydrogens is 443 g/mol. The van der Waals surface area contributed by atoms with Gasteiger partial charge in [0.05, 0.1) is 24.7 Å². The number of carbonyl (C=O) groups excluding carboxylic acids is 2. The van der Waals surface area contributed by atoms with Crippen LogP contribution >= 0.6 is 0 Å². The summed E-state index contributed by atoms with van der Waals surface area (Å²) in [5.74, 6) is -1.14. The molecule has 184 valence electrons. The minimum Gasteiger partial charge on any atom is -0.469 e. The highest BCUT2D eigenvalue weighted by Gasteiger charge is 2.26. The summed E-state index contributed by atoms with van der Waals surface area (Å²) in [4.78, 5) is 23.8. The van der Waals surface area contributed by atoms with Crippen LogP contribution in [-0.4, -0.2) is 35.7 Å². The predicted molar refractivity (Wildman–Crippen MR) is 121 cm³/mol. The summed E-state index contributed by atoms with van der Waals surface area (Å²) >= 11 is 0. The first kappa shape index (κ1) is 26.9. The van der Waals surface area contributed by atoms with Gasteiger partial charge in [0, 0.05) is 24.4 Å². The lowest BCUT2D eigenvalue weighted by Gasteiger charge is -2.25. The van der Waals surface area contributed by atoms with Crippen molar-refractivity contribution in [3.63, 3.8) is 0 Å². The Balaban J connectivity index is 2.05. The lowest BCUT2D eigenvalue weighted by molar-refractivity contribution is -0.145. The maximum absolute atomic E-state index is 15.0. The Bertz CT molecular complexity index is 990. The number of benzene rings is 1. The van der Waals surface area contributed by atoms with E-state index in [0.29, 0.717) is 12.0 Å². The topological polar surface area (TPSA) is 118 Å². The van der Waals surface area contributed by atoms with E-state index >= 15 is 0 Å². The van der Waals surface area contributed by atoms with E-state index in [4.69, 9.17) is 14.2 Å². The average Bonchev–Trinajstić information content (AvgIpc) is 2.74. The van der Waals surface area contributed by atoms with E-state index in [2.05, 4.69) is 5.32 Å². The van der Waals surface area contributed by atoms with E-state index in [1.165, 1.54) is 18.2 Å². The Hall–Kier alpha value is -3.38. The van der Waals surface area contributed by atoms with Crippen LogP contribution in [0.3, 0.4) is 0 Å². The van der Waals surface area contributed by atoms with Gasteiger partial charge in [0.1, 0.15) is 17.2 Å². The number of nitrogens with one attached hydrogen (secondary N) is 1. The van der Waals surface area contributed by atoms with Crippen LogP contribution in [0, 0.1) is 23.1 Å². The van der Waals surface area contributed by atoms with E-state index in [0.717, 1.165) is 0 Å². The van der Waals surface area contributed by atoms with Gasteiger partial charge >= 0.3 is 12.1 Å². The quantitative estimate of drug-likeness (QED) is 0.410. The second-order valence-electron chi connectivity index (χ2n) is 8.78. The van der Waals surface area contributed by atoms with Crippen LogP contribution in [0.2, 0.25) is 0 Å². The van der Waals surface area contributed by atoms with Crippen molar-refractivity contribution in [2.24, 2.45) is 5.92 Å². The van der Waals surface area contributed by atoms with E-state index in [9.17, 15) is 24.3 Å². The van der Waals surface area contributed by atoms with Crippen molar-refractivity contribution in [1.29, 1.82) is 5.26 Å². The van der Waals surface area contributed by atoms with Gasteiger partial charge in [0.2, 0.25) is 6.29 Å². The van der Waals surface area contributed by atoms with E-state index < -0.39 is 35.7 Å². The van der Waals surface area contributed by atoms with E-state index in [-0.39, 0.29) is 42.9 Å². The zero-order valence-corrected chi connectivity index (χ0v) is 19.9. The highest BCUT2D eigenvalue weighted by molar-refractivity contribution is 5.70. The molecule has 8 nitrogen and oxygen atoms in total. The third-order valence-electron chi connectivity index (χ3n) is 4.82. The van der Waals surface area contributed by atoms with Crippen molar-refractivity contribution >= 4 is 12.1 Å². The van der Waals surface area contributed by atoms with Crippen LogP contribution in [0.1, 0.15) is 51.7 Å². The standard InChI is InChI=1S/C25H31FN2O6/c1-5-32-21(29)12-17-10-9-16(14-27)11-20(17)33-22(30)13-18-7-6-8-19(23(18)26)15-28-24(31)34-25(2,3)4/h6-9,11,17,22,30H,5,10,12-13,15H2,1-4H3,(H,28,31). The summed E-state index contributed by atoms with van der Waals surface area (Å²) in [5, 5.41) is 22.2. The number of alkyl carbamates (subject to hydrolysis) is 1. The fourth-order valence-electron chi connectivity index (χ4n) is 3.32. The molecule has 1 aromatic rings. The number of aliphatic hydroxyl groups is 1. The first-order chi connectivity index (χ1) is 16.0. The van der Waals surface area contributed by atoms with Gasteiger partial charge in [0.15, 0.2) is 0 Å². The molecule has 2 rings (SSSR count).